The lowest BCUT2D eigenvalue weighted by molar-refractivity contribution is -0.115. The molecule has 25 heavy (non-hydrogen) atoms. The van der Waals surface area contributed by atoms with Crippen molar-refractivity contribution in [3.8, 4) is 11.4 Å². The van der Waals surface area contributed by atoms with E-state index in [1.807, 2.05) is 37.4 Å². The van der Waals surface area contributed by atoms with Crippen molar-refractivity contribution in [3.05, 3.63) is 34.7 Å². The average molecular weight is 372 g/mol. The second kappa shape index (κ2) is 6.84. The van der Waals surface area contributed by atoms with Crippen molar-refractivity contribution in [1.82, 2.24) is 9.97 Å². The van der Waals surface area contributed by atoms with E-state index in [0.717, 1.165) is 40.3 Å². The molecule has 1 unspecified atom stereocenters. The smallest absolute Gasteiger partial charge is 0.237 e. The molecule has 3 aromatic rings. The number of carbonyl (C=O) groups excluding carboxylic acids is 1. The number of thiophene rings is 1. The minimum absolute atomic E-state index is 0.0588. The van der Waals surface area contributed by atoms with Crippen LogP contribution in [-0.2, 0) is 17.6 Å². The average Bonchev–Trinajstić information content (AvgIpc) is 3.20. The van der Waals surface area contributed by atoms with Crippen LogP contribution in [0.25, 0.3) is 22.4 Å². The Labute approximate surface area is 155 Å². The number of fused-ring (bicyclic) bond motifs is 2. The quantitative estimate of drug-likeness (QED) is 0.688. The first kappa shape index (κ1) is 16.7. The molecule has 0 fully saturated rings. The minimum Gasteiger partial charge on any atom is -0.338 e. The number of benzene rings is 1. The fourth-order valence-corrected chi connectivity index (χ4v) is 4.86. The molecule has 1 aromatic carbocycles. The monoisotopic (exact) mass is 371 g/mol. The minimum atomic E-state index is -0.0670. The molecule has 4 nitrogen and oxygen atoms in total. The zero-order valence-electron chi connectivity index (χ0n) is 14.4. The number of carbonyl (C=O) groups is 1. The van der Waals surface area contributed by atoms with Crippen LogP contribution < -0.4 is 5.32 Å². The number of aromatic amines is 1. The molecule has 4 rings (SSSR count). The molecule has 0 bridgehead atoms. The Hall–Kier alpha value is -1.79. The largest absolute Gasteiger partial charge is 0.338 e. The maximum Gasteiger partial charge on any atom is 0.237 e. The molecule has 130 valence electrons. The molecule has 0 saturated heterocycles. The molecule has 6 heteroatoms. The molecule has 1 aliphatic carbocycles. The number of rotatable bonds is 4. The summed E-state index contributed by atoms with van der Waals surface area (Å²) in [6, 6.07) is 8.07. The number of imidazole rings is 1. The van der Waals surface area contributed by atoms with E-state index in [0.29, 0.717) is 0 Å². The zero-order valence-corrected chi connectivity index (χ0v) is 16.0. The number of hydrogen-bond donors (Lipinski definition) is 2. The number of aromatic nitrogens is 2. The number of nitrogens with zero attached hydrogens (tertiary/aromatic N) is 1. The molecule has 0 saturated carbocycles. The zero-order chi connectivity index (χ0) is 17.4. The van der Waals surface area contributed by atoms with Gasteiger partial charge in [-0.05, 0) is 56.6 Å². The van der Waals surface area contributed by atoms with Crippen LogP contribution in [0.3, 0.4) is 0 Å². The number of aryl methyl sites for hydroxylation is 1. The normalized spacial score (nSPS) is 15.1. The van der Waals surface area contributed by atoms with Crippen molar-refractivity contribution in [2.24, 2.45) is 0 Å². The lowest BCUT2D eigenvalue weighted by atomic mass is 9.95. The maximum absolute atomic E-state index is 12.5. The Kier molecular flexibility index (Phi) is 4.56. The molecular weight excluding hydrogens is 350 g/mol. The summed E-state index contributed by atoms with van der Waals surface area (Å²) >= 11 is 3.28. The van der Waals surface area contributed by atoms with Crippen LogP contribution in [-0.4, -0.2) is 27.4 Å². The van der Waals surface area contributed by atoms with Crippen molar-refractivity contribution in [2.45, 2.75) is 37.9 Å². The van der Waals surface area contributed by atoms with E-state index in [2.05, 4.69) is 10.3 Å². The Balaban J connectivity index is 1.81. The molecule has 0 aliphatic heterocycles. The standard InChI is InChI=1S/C19H21N3OS2/c1-11(24-2)18(23)22-19-16(12-7-3-6-10-15(12)25-19)17-20-13-8-4-5-9-14(13)21-17/h4-5,8-9,11H,3,6-7,10H2,1-2H3,(H,20,21)(H,22,23). The Bertz CT molecular complexity index is 895. The first-order valence-corrected chi connectivity index (χ1v) is 10.7. The van der Waals surface area contributed by atoms with Gasteiger partial charge >= 0.3 is 0 Å². The number of H-pyrrole nitrogens is 1. The molecule has 0 spiro atoms. The van der Waals surface area contributed by atoms with Crippen LogP contribution in [0.1, 0.15) is 30.2 Å². The highest BCUT2D eigenvalue weighted by atomic mass is 32.2. The Morgan fingerprint density at radius 3 is 2.92 bits per heavy atom. The van der Waals surface area contributed by atoms with E-state index in [4.69, 9.17) is 4.98 Å². The van der Waals surface area contributed by atoms with Gasteiger partial charge in [0.2, 0.25) is 5.91 Å². The van der Waals surface area contributed by atoms with E-state index < -0.39 is 0 Å². The third kappa shape index (κ3) is 3.09. The lowest BCUT2D eigenvalue weighted by Gasteiger charge is -2.12. The molecule has 1 atom stereocenters. The molecule has 2 N–H and O–H groups in total. The summed E-state index contributed by atoms with van der Waals surface area (Å²) in [6.45, 7) is 1.94. The fraction of sp³-hybridized carbons (Fsp3) is 0.368. The van der Waals surface area contributed by atoms with Crippen molar-refractivity contribution >= 4 is 45.0 Å². The van der Waals surface area contributed by atoms with Crippen LogP contribution in [0, 0.1) is 0 Å². The highest BCUT2D eigenvalue weighted by Crippen LogP contribution is 2.43. The van der Waals surface area contributed by atoms with Gasteiger partial charge in [0.1, 0.15) is 10.8 Å². The van der Waals surface area contributed by atoms with E-state index in [1.165, 1.54) is 23.3 Å². The van der Waals surface area contributed by atoms with E-state index in [1.54, 1.807) is 23.1 Å². The molecule has 2 heterocycles. The first-order valence-electron chi connectivity index (χ1n) is 8.60. The molecule has 2 aromatic heterocycles. The van der Waals surface area contributed by atoms with Gasteiger partial charge in [-0.1, -0.05) is 12.1 Å². The number of amides is 1. The summed E-state index contributed by atoms with van der Waals surface area (Å²) in [6.07, 6.45) is 6.55. The lowest BCUT2D eigenvalue weighted by Crippen LogP contribution is -2.21. The topological polar surface area (TPSA) is 57.8 Å². The number of nitrogens with one attached hydrogen (secondary N) is 2. The van der Waals surface area contributed by atoms with Gasteiger partial charge in [-0.2, -0.15) is 11.8 Å². The van der Waals surface area contributed by atoms with Gasteiger partial charge < -0.3 is 10.3 Å². The predicted octanol–water partition coefficient (Wildman–Crippen LogP) is 4.86. The summed E-state index contributed by atoms with van der Waals surface area (Å²) < 4.78 is 0. The van der Waals surface area contributed by atoms with E-state index in [9.17, 15) is 4.79 Å². The SMILES string of the molecule is CSC(C)C(=O)Nc1sc2c(c1-c1nc3ccccc3[nH]1)CCCC2. The second-order valence-electron chi connectivity index (χ2n) is 6.38. The van der Waals surface area contributed by atoms with E-state index >= 15 is 0 Å². The van der Waals surface area contributed by atoms with Crippen LogP contribution in [0.15, 0.2) is 24.3 Å². The van der Waals surface area contributed by atoms with Gasteiger partial charge in [0.15, 0.2) is 0 Å². The van der Waals surface area contributed by atoms with Crippen LogP contribution >= 0.6 is 23.1 Å². The molecule has 1 aliphatic rings. The van der Waals surface area contributed by atoms with Gasteiger partial charge in [0.05, 0.1) is 21.8 Å². The van der Waals surface area contributed by atoms with Gasteiger partial charge in [0.25, 0.3) is 0 Å². The predicted molar refractivity (Wildman–Crippen MR) is 108 cm³/mol. The summed E-state index contributed by atoms with van der Waals surface area (Å²) in [5.41, 5.74) is 4.45. The molecule has 1 amide bonds. The van der Waals surface area contributed by atoms with Crippen molar-refractivity contribution in [3.63, 3.8) is 0 Å². The van der Waals surface area contributed by atoms with E-state index in [-0.39, 0.29) is 11.2 Å². The Morgan fingerprint density at radius 1 is 1.32 bits per heavy atom. The van der Waals surface area contributed by atoms with Crippen molar-refractivity contribution in [2.75, 3.05) is 11.6 Å². The van der Waals surface area contributed by atoms with Crippen molar-refractivity contribution in [1.29, 1.82) is 0 Å². The third-order valence-corrected chi connectivity index (χ3v) is 6.89. The number of hydrogen-bond acceptors (Lipinski definition) is 4. The number of para-hydroxylation sites is 2. The Morgan fingerprint density at radius 2 is 2.12 bits per heavy atom. The summed E-state index contributed by atoms with van der Waals surface area (Å²) in [7, 11) is 0. The highest BCUT2D eigenvalue weighted by molar-refractivity contribution is 7.99. The summed E-state index contributed by atoms with van der Waals surface area (Å²) in [4.78, 5) is 22.1. The van der Waals surface area contributed by atoms with Crippen LogP contribution in [0.2, 0.25) is 0 Å². The second-order valence-corrected chi connectivity index (χ2v) is 8.67. The van der Waals surface area contributed by atoms with Crippen LogP contribution in [0.5, 0.6) is 0 Å². The van der Waals surface area contributed by atoms with Crippen LogP contribution in [0.4, 0.5) is 5.00 Å². The highest BCUT2D eigenvalue weighted by Gasteiger charge is 2.25. The van der Waals surface area contributed by atoms with Crippen molar-refractivity contribution < 1.29 is 4.79 Å². The number of anilines is 1. The van der Waals surface area contributed by atoms with Gasteiger partial charge in [-0.25, -0.2) is 4.98 Å². The van der Waals surface area contributed by atoms with Gasteiger partial charge in [-0.3, -0.25) is 4.79 Å². The third-order valence-electron chi connectivity index (χ3n) is 4.76. The molecule has 0 radical (unpaired) electrons. The summed E-state index contributed by atoms with van der Waals surface area (Å²) in [5.74, 6) is 0.927. The molecular formula is C19H21N3OS2. The fourth-order valence-electron chi connectivity index (χ4n) is 3.30. The van der Waals surface area contributed by atoms with Gasteiger partial charge in [0, 0.05) is 4.88 Å². The summed E-state index contributed by atoms with van der Waals surface area (Å²) in [5, 5.41) is 4.03. The maximum atomic E-state index is 12.5. The first-order chi connectivity index (χ1) is 12.2. The number of thioether (sulfide) groups is 1. The van der Waals surface area contributed by atoms with Gasteiger partial charge in [-0.15, -0.1) is 11.3 Å².